The molecule has 1 aliphatic rings. The summed E-state index contributed by atoms with van der Waals surface area (Å²) in [6.45, 7) is 4.38. The van der Waals surface area contributed by atoms with Gasteiger partial charge in [0.05, 0.1) is 36.6 Å². The highest BCUT2D eigenvalue weighted by molar-refractivity contribution is 5.64. The van der Waals surface area contributed by atoms with Gasteiger partial charge in [-0.15, -0.1) is 0 Å². The second-order valence-electron chi connectivity index (χ2n) is 5.07. The smallest absolute Gasteiger partial charge is 0.132 e. The highest BCUT2D eigenvalue weighted by Gasteiger charge is 2.20. The van der Waals surface area contributed by atoms with Crippen molar-refractivity contribution in [2.24, 2.45) is 0 Å². The summed E-state index contributed by atoms with van der Waals surface area (Å²) in [6.07, 6.45) is 1.58. The van der Waals surface area contributed by atoms with E-state index in [1.807, 2.05) is 24.3 Å². The molecule has 1 atom stereocenters. The van der Waals surface area contributed by atoms with Gasteiger partial charge < -0.3 is 9.64 Å². The maximum absolute atomic E-state index is 9.00. The minimum atomic E-state index is 0.298. The molecule has 1 aromatic carbocycles. The van der Waals surface area contributed by atoms with E-state index < -0.39 is 0 Å². The summed E-state index contributed by atoms with van der Waals surface area (Å²) in [5.74, 6) is 0.901. The van der Waals surface area contributed by atoms with Crippen molar-refractivity contribution in [3.8, 4) is 17.3 Å². The van der Waals surface area contributed by atoms with Crippen molar-refractivity contribution in [3.63, 3.8) is 0 Å². The average Bonchev–Trinajstić information content (AvgIpc) is 2.55. The third kappa shape index (κ3) is 2.86. The third-order valence-corrected chi connectivity index (χ3v) is 3.60. The molecule has 21 heavy (non-hydrogen) atoms. The molecule has 0 saturated carbocycles. The van der Waals surface area contributed by atoms with Gasteiger partial charge in [-0.05, 0) is 19.1 Å². The quantitative estimate of drug-likeness (QED) is 0.844. The van der Waals surface area contributed by atoms with Crippen molar-refractivity contribution in [2.75, 3.05) is 24.7 Å². The van der Waals surface area contributed by atoms with Crippen LogP contribution in [-0.4, -0.2) is 35.8 Å². The fraction of sp³-hybridized carbons (Fsp3) is 0.312. The SMILES string of the molecule is CC1COCCN1c1cc(-c2cccc(C#N)c2)ncn1. The topological polar surface area (TPSA) is 62.0 Å². The van der Waals surface area contributed by atoms with E-state index in [4.69, 9.17) is 10.00 Å². The van der Waals surface area contributed by atoms with Crippen LogP contribution in [0.4, 0.5) is 5.82 Å². The van der Waals surface area contributed by atoms with Crippen molar-refractivity contribution in [1.82, 2.24) is 9.97 Å². The lowest BCUT2D eigenvalue weighted by molar-refractivity contribution is 0.0985. The first kappa shape index (κ1) is 13.5. The number of nitriles is 1. The van der Waals surface area contributed by atoms with Gasteiger partial charge in [0, 0.05) is 18.2 Å². The molecule has 1 aliphatic heterocycles. The molecule has 0 radical (unpaired) electrons. The highest BCUT2D eigenvalue weighted by atomic mass is 16.5. The Morgan fingerprint density at radius 3 is 3.05 bits per heavy atom. The average molecular weight is 280 g/mol. The first-order valence-electron chi connectivity index (χ1n) is 6.95. The molecule has 0 bridgehead atoms. The molecule has 1 fully saturated rings. The van der Waals surface area contributed by atoms with Crippen LogP contribution in [0.5, 0.6) is 0 Å². The normalized spacial score (nSPS) is 18.3. The molecular weight excluding hydrogens is 264 g/mol. The fourth-order valence-electron chi connectivity index (χ4n) is 2.48. The van der Waals surface area contributed by atoms with Crippen molar-refractivity contribution in [2.45, 2.75) is 13.0 Å². The van der Waals surface area contributed by atoms with Crippen LogP contribution < -0.4 is 4.90 Å². The number of hydrogen-bond acceptors (Lipinski definition) is 5. The Morgan fingerprint density at radius 1 is 1.33 bits per heavy atom. The van der Waals surface area contributed by atoms with Crippen LogP contribution in [0.25, 0.3) is 11.3 Å². The molecule has 5 nitrogen and oxygen atoms in total. The van der Waals surface area contributed by atoms with Crippen LogP contribution in [0.15, 0.2) is 36.7 Å². The minimum Gasteiger partial charge on any atom is -0.377 e. The summed E-state index contributed by atoms with van der Waals surface area (Å²) in [4.78, 5) is 10.9. The van der Waals surface area contributed by atoms with Crippen molar-refractivity contribution < 1.29 is 4.74 Å². The van der Waals surface area contributed by atoms with Crippen molar-refractivity contribution >= 4 is 5.82 Å². The second-order valence-corrected chi connectivity index (χ2v) is 5.07. The zero-order chi connectivity index (χ0) is 14.7. The lowest BCUT2D eigenvalue weighted by Gasteiger charge is -2.34. The van der Waals surface area contributed by atoms with Crippen LogP contribution in [0.1, 0.15) is 12.5 Å². The highest BCUT2D eigenvalue weighted by Crippen LogP contribution is 2.23. The van der Waals surface area contributed by atoms with Gasteiger partial charge in [0.2, 0.25) is 0 Å². The Balaban J connectivity index is 1.94. The zero-order valence-corrected chi connectivity index (χ0v) is 11.9. The van der Waals surface area contributed by atoms with Crippen molar-refractivity contribution in [3.05, 3.63) is 42.2 Å². The Kier molecular flexibility index (Phi) is 3.80. The summed E-state index contributed by atoms with van der Waals surface area (Å²) >= 11 is 0. The number of rotatable bonds is 2. The van der Waals surface area contributed by atoms with Crippen LogP contribution in [0.2, 0.25) is 0 Å². The van der Waals surface area contributed by atoms with Crippen LogP contribution in [0.3, 0.4) is 0 Å². The first-order chi connectivity index (χ1) is 10.3. The molecule has 5 heteroatoms. The molecule has 2 aromatic rings. The summed E-state index contributed by atoms with van der Waals surface area (Å²) in [5.41, 5.74) is 2.39. The molecule has 0 N–H and O–H groups in total. The summed E-state index contributed by atoms with van der Waals surface area (Å²) < 4.78 is 5.46. The van der Waals surface area contributed by atoms with Crippen LogP contribution in [-0.2, 0) is 4.74 Å². The van der Waals surface area contributed by atoms with E-state index in [2.05, 4.69) is 27.9 Å². The van der Waals surface area contributed by atoms with Gasteiger partial charge in [-0.2, -0.15) is 5.26 Å². The van der Waals surface area contributed by atoms with Crippen LogP contribution >= 0.6 is 0 Å². The van der Waals surface area contributed by atoms with E-state index in [-0.39, 0.29) is 0 Å². The first-order valence-corrected chi connectivity index (χ1v) is 6.95. The second kappa shape index (κ2) is 5.90. The van der Waals surface area contributed by atoms with Gasteiger partial charge in [0.1, 0.15) is 12.1 Å². The number of benzene rings is 1. The molecule has 0 aliphatic carbocycles. The molecule has 1 unspecified atom stereocenters. The number of hydrogen-bond donors (Lipinski definition) is 0. The van der Waals surface area contributed by atoms with Gasteiger partial charge in [0.25, 0.3) is 0 Å². The zero-order valence-electron chi connectivity index (χ0n) is 11.9. The van der Waals surface area contributed by atoms with Gasteiger partial charge >= 0.3 is 0 Å². The molecule has 3 rings (SSSR count). The monoisotopic (exact) mass is 280 g/mol. The van der Waals surface area contributed by atoms with E-state index in [0.717, 1.165) is 23.6 Å². The number of anilines is 1. The van der Waals surface area contributed by atoms with E-state index in [9.17, 15) is 0 Å². The van der Waals surface area contributed by atoms with E-state index >= 15 is 0 Å². The summed E-state index contributed by atoms with van der Waals surface area (Å²) in [5, 5.41) is 9.00. The molecule has 0 amide bonds. The maximum atomic E-state index is 9.00. The van der Waals surface area contributed by atoms with E-state index in [1.165, 1.54) is 0 Å². The Bertz CT molecular complexity index is 680. The molecule has 2 heterocycles. The Morgan fingerprint density at radius 2 is 2.24 bits per heavy atom. The predicted molar refractivity (Wildman–Crippen MR) is 79.8 cm³/mol. The van der Waals surface area contributed by atoms with Gasteiger partial charge in [-0.1, -0.05) is 12.1 Å². The van der Waals surface area contributed by atoms with E-state index in [1.54, 1.807) is 12.4 Å². The lowest BCUT2D eigenvalue weighted by Crippen LogP contribution is -2.44. The molecule has 0 spiro atoms. The van der Waals surface area contributed by atoms with E-state index in [0.29, 0.717) is 24.8 Å². The number of morpholine rings is 1. The molecule has 1 aromatic heterocycles. The summed E-state index contributed by atoms with van der Waals surface area (Å²) in [6, 6.07) is 11.9. The molecule has 106 valence electrons. The number of ether oxygens (including phenoxy) is 1. The van der Waals surface area contributed by atoms with Crippen molar-refractivity contribution in [1.29, 1.82) is 5.26 Å². The fourth-order valence-corrected chi connectivity index (χ4v) is 2.48. The number of aromatic nitrogens is 2. The lowest BCUT2D eigenvalue weighted by atomic mass is 10.1. The summed E-state index contributed by atoms with van der Waals surface area (Å²) in [7, 11) is 0. The maximum Gasteiger partial charge on any atom is 0.132 e. The Hall–Kier alpha value is -2.45. The predicted octanol–water partition coefficient (Wildman–Crippen LogP) is 2.24. The Labute approximate surface area is 123 Å². The van der Waals surface area contributed by atoms with Gasteiger partial charge in [-0.3, -0.25) is 0 Å². The minimum absolute atomic E-state index is 0.298. The van der Waals surface area contributed by atoms with Gasteiger partial charge in [0.15, 0.2) is 0 Å². The van der Waals surface area contributed by atoms with Gasteiger partial charge in [-0.25, -0.2) is 9.97 Å². The van der Waals surface area contributed by atoms with Crippen LogP contribution in [0, 0.1) is 11.3 Å². The third-order valence-electron chi connectivity index (χ3n) is 3.60. The molecular formula is C16H16N4O. The standard InChI is InChI=1S/C16H16N4O/c1-12-10-21-6-5-20(12)16-8-15(18-11-19-16)14-4-2-3-13(7-14)9-17/h2-4,7-8,11-12H,5-6,10H2,1H3. The molecule has 1 saturated heterocycles. The number of nitrogens with zero attached hydrogens (tertiary/aromatic N) is 4. The largest absolute Gasteiger partial charge is 0.377 e.